The van der Waals surface area contributed by atoms with Gasteiger partial charge in [-0.05, 0) is 25.0 Å². The minimum absolute atomic E-state index is 0.0447. The van der Waals surface area contributed by atoms with E-state index >= 15 is 0 Å². The van der Waals surface area contributed by atoms with Crippen LogP contribution < -0.4 is 0 Å². The Labute approximate surface area is 122 Å². The Hall–Kier alpha value is -2.22. The van der Waals surface area contributed by atoms with Crippen molar-refractivity contribution in [3.05, 3.63) is 35.1 Å². The predicted octanol–water partition coefficient (Wildman–Crippen LogP) is 2.52. The number of halogens is 1. The maximum atomic E-state index is 13.9. The molecule has 1 spiro atoms. The van der Waals surface area contributed by atoms with E-state index in [1.807, 2.05) is 6.07 Å². The summed E-state index contributed by atoms with van der Waals surface area (Å²) in [5.41, 5.74) is -0.0338. The summed E-state index contributed by atoms with van der Waals surface area (Å²) in [6, 6.07) is 5.95. The van der Waals surface area contributed by atoms with Gasteiger partial charge in [0.25, 0.3) is 0 Å². The van der Waals surface area contributed by atoms with Crippen molar-refractivity contribution < 1.29 is 14.0 Å². The summed E-state index contributed by atoms with van der Waals surface area (Å²) in [4.78, 5) is 25.8. The summed E-state index contributed by atoms with van der Waals surface area (Å²) < 4.78 is 13.9. The first kappa shape index (κ1) is 13.7. The molecule has 0 unspecified atom stereocenters. The summed E-state index contributed by atoms with van der Waals surface area (Å²) in [5, 5.41) is 8.73. The van der Waals surface area contributed by atoms with Crippen LogP contribution >= 0.6 is 0 Å². The molecule has 0 N–H and O–H groups in total. The van der Waals surface area contributed by atoms with E-state index in [1.165, 1.54) is 17.0 Å². The molecular weight excluding hydrogens is 271 g/mol. The highest BCUT2D eigenvalue weighted by Gasteiger charge is 2.52. The van der Waals surface area contributed by atoms with Crippen LogP contribution in [0.5, 0.6) is 0 Å². The molecule has 0 aromatic heterocycles. The van der Waals surface area contributed by atoms with Crippen molar-refractivity contribution in [2.45, 2.75) is 38.6 Å². The zero-order chi connectivity index (χ0) is 15.0. The second-order valence-corrected chi connectivity index (χ2v) is 5.87. The maximum absolute atomic E-state index is 13.9. The van der Waals surface area contributed by atoms with Gasteiger partial charge in [-0.25, -0.2) is 4.39 Å². The van der Waals surface area contributed by atoms with Crippen molar-refractivity contribution >= 4 is 11.8 Å². The molecule has 1 saturated carbocycles. The first-order valence-corrected chi connectivity index (χ1v) is 7.09. The number of carbonyl (C=O) groups is 2. The van der Waals surface area contributed by atoms with Gasteiger partial charge in [0.05, 0.1) is 23.6 Å². The lowest BCUT2D eigenvalue weighted by atomic mass is 9.84. The second-order valence-electron chi connectivity index (χ2n) is 5.87. The lowest BCUT2D eigenvalue weighted by molar-refractivity contribution is -0.142. The number of rotatable bonds is 2. The third kappa shape index (κ3) is 2.21. The van der Waals surface area contributed by atoms with E-state index in [0.717, 1.165) is 31.7 Å². The SMILES string of the molecule is N#Cc1ccc(CN2C(=O)CC3(CCCC3)C2=O)c(F)c1. The smallest absolute Gasteiger partial charge is 0.236 e. The normalized spacial score (nSPS) is 20.3. The Balaban J connectivity index is 1.84. The fourth-order valence-electron chi connectivity index (χ4n) is 3.38. The van der Waals surface area contributed by atoms with Crippen LogP contribution in [0.4, 0.5) is 4.39 Å². The Morgan fingerprint density at radius 3 is 2.62 bits per heavy atom. The quantitative estimate of drug-likeness (QED) is 0.785. The Kier molecular flexibility index (Phi) is 3.25. The van der Waals surface area contributed by atoms with Gasteiger partial charge < -0.3 is 0 Å². The molecule has 1 saturated heterocycles. The average Bonchev–Trinajstić information content (AvgIpc) is 3.02. The molecular formula is C16H15FN2O2. The lowest BCUT2D eigenvalue weighted by Gasteiger charge is -2.21. The van der Waals surface area contributed by atoms with Gasteiger partial charge in [-0.15, -0.1) is 0 Å². The van der Waals surface area contributed by atoms with Gasteiger partial charge >= 0.3 is 0 Å². The van der Waals surface area contributed by atoms with Crippen LogP contribution in [0, 0.1) is 22.6 Å². The van der Waals surface area contributed by atoms with Gasteiger partial charge in [0.2, 0.25) is 11.8 Å². The molecule has 5 heteroatoms. The molecule has 2 amide bonds. The number of amides is 2. The van der Waals surface area contributed by atoms with Crippen LogP contribution in [-0.2, 0) is 16.1 Å². The largest absolute Gasteiger partial charge is 0.278 e. The molecule has 0 atom stereocenters. The highest BCUT2D eigenvalue weighted by molar-refractivity contribution is 6.05. The van der Waals surface area contributed by atoms with E-state index in [4.69, 9.17) is 5.26 Å². The van der Waals surface area contributed by atoms with Gasteiger partial charge in [0.15, 0.2) is 0 Å². The molecule has 4 nitrogen and oxygen atoms in total. The van der Waals surface area contributed by atoms with Crippen LogP contribution in [0.3, 0.4) is 0 Å². The molecule has 1 heterocycles. The fraction of sp³-hybridized carbons (Fsp3) is 0.438. The number of hydrogen-bond donors (Lipinski definition) is 0. The van der Waals surface area contributed by atoms with E-state index < -0.39 is 11.2 Å². The van der Waals surface area contributed by atoms with Crippen LogP contribution in [0.1, 0.15) is 43.2 Å². The third-order valence-electron chi connectivity index (χ3n) is 4.56. The Bertz CT molecular complexity index is 657. The highest BCUT2D eigenvalue weighted by Crippen LogP contribution is 2.47. The molecule has 3 rings (SSSR count). The molecule has 1 aromatic carbocycles. The Morgan fingerprint density at radius 2 is 2.00 bits per heavy atom. The molecule has 21 heavy (non-hydrogen) atoms. The van der Waals surface area contributed by atoms with Gasteiger partial charge in [-0.3, -0.25) is 14.5 Å². The van der Waals surface area contributed by atoms with Gasteiger partial charge in [-0.1, -0.05) is 18.9 Å². The van der Waals surface area contributed by atoms with Crippen LogP contribution in [0.25, 0.3) is 0 Å². The van der Waals surface area contributed by atoms with Crippen LogP contribution in [-0.4, -0.2) is 16.7 Å². The van der Waals surface area contributed by atoms with Crippen molar-refractivity contribution in [3.63, 3.8) is 0 Å². The first-order chi connectivity index (χ1) is 10.1. The standard InChI is InChI=1S/C16H15FN2O2/c17-13-7-11(9-18)3-4-12(13)10-19-14(20)8-16(15(19)21)5-1-2-6-16/h3-4,7H,1-2,5-6,8,10H2. The minimum atomic E-state index is -0.554. The number of imide groups is 1. The van der Waals surface area contributed by atoms with Crippen LogP contribution in [0.2, 0.25) is 0 Å². The van der Waals surface area contributed by atoms with E-state index in [2.05, 4.69) is 0 Å². The summed E-state index contributed by atoms with van der Waals surface area (Å²) in [7, 11) is 0. The lowest BCUT2D eigenvalue weighted by Crippen LogP contribution is -2.34. The number of carbonyl (C=O) groups excluding carboxylic acids is 2. The molecule has 1 aliphatic carbocycles. The Morgan fingerprint density at radius 1 is 1.29 bits per heavy atom. The number of likely N-dealkylation sites (tertiary alicyclic amines) is 1. The van der Waals surface area contributed by atoms with Crippen molar-refractivity contribution in [2.24, 2.45) is 5.41 Å². The number of nitrogens with zero attached hydrogens (tertiary/aromatic N) is 2. The summed E-state index contributed by atoms with van der Waals surface area (Å²) >= 11 is 0. The average molecular weight is 286 g/mol. The molecule has 2 fully saturated rings. The first-order valence-electron chi connectivity index (χ1n) is 7.09. The topological polar surface area (TPSA) is 61.2 Å². The highest BCUT2D eigenvalue weighted by atomic mass is 19.1. The minimum Gasteiger partial charge on any atom is -0.278 e. The van der Waals surface area contributed by atoms with E-state index in [1.54, 1.807) is 0 Å². The van der Waals surface area contributed by atoms with E-state index in [9.17, 15) is 14.0 Å². The van der Waals surface area contributed by atoms with Crippen molar-refractivity contribution in [2.75, 3.05) is 0 Å². The summed E-state index contributed by atoms with van der Waals surface area (Å²) in [6.45, 7) is -0.0447. The molecule has 0 radical (unpaired) electrons. The molecule has 108 valence electrons. The summed E-state index contributed by atoms with van der Waals surface area (Å²) in [6.07, 6.45) is 3.70. The van der Waals surface area contributed by atoms with Crippen LogP contribution in [0.15, 0.2) is 18.2 Å². The van der Waals surface area contributed by atoms with Crippen molar-refractivity contribution in [1.29, 1.82) is 5.26 Å². The molecule has 1 aliphatic heterocycles. The molecule has 0 bridgehead atoms. The number of nitriles is 1. The van der Waals surface area contributed by atoms with Crippen molar-refractivity contribution in [3.8, 4) is 6.07 Å². The molecule has 1 aromatic rings. The molecule has 2 aliphatic rings. The number of hydrogen-bond acceptors (Lipinski definition) is 3. The van der Waals surface area contributed by atoms with Gasteiger partial charge in [0, 0.05) is 12.0 Å². The monoisotopic (exact) mass is 286 g/mol. The fourth-order valence-corrected chi connectivity index (χ4v) is 3.38. The maximum Gasteiger partial charge on any atom is 0.236 e. The van der Waals surface area contributed by atoms with Gasteiger partial charge in [-0.2, -0.15) is 5.26 Å². The number of benzene rings is 1. The third-order valence-corrected chi connectivity index (χ3v) is 4.56. The second kappa shape index (κ2) is 4.96. The van der Waals surface area contributed by atoms with Gasteiger partial charge in [0.1, 0.15) is 5.82 Å². The predicted molar refractivity (Wildman–Crippen MR) is 72.2 cm³/mol. The van der Waals surface area contributed by atoms with E-state index in [0.29, 0.717) is 0 Å². The zero-order valence-corrected chi connectivity index (χ0v) is 11.6. The van der Waals surface area contributed by atoms with E-state index in [-0.39, 0.29) is 35.9 Å². The summed E-state index contributed by atoms with van der Waals surface area (Å²) in [5.74, 6) is -0.929. The zero-order valence-electron chi connectivity index (χ0n) is 11.6. The van der Waals surface area contributed by atoms with Crippen molar-refractivity contribution in [1.82, 2.24) is 4.90 Å².